The van der Waals surface area contributed by atoms with Gasteiger partial charge >= 0.3 is 0 Å². The van der Waals surface area contributed by atoms with Crippen molar-refractivity contribution in [3.63, 3.8) is 0 Å². The molecule has 0 aromatic carbocycles. The summed E-state index contributed by atoms with van der Waals surface area (Å²) < 4.78 is 0. The summed E-state index contributed by atoms with van der Waals surface area (Å²) in [6.07, 6.45) is 13.9. The van der Waals surface area contributed by atoms with Crippen LogP contribution in [0.4, 0.5) is 0 Å². The average molecular weight is 286 g/mol. The lowest BCUT2D eigenvalue weighted by molar-refractivity contribution is 0.147. The number of thiol groups is 1. The van der Waals surface area contributed by atoms with Crippen molar-refractivity contribution in [3.05, 3.63) is 0 Å². The second kappa shape index (κ2) is 10.1. The van der Waals surface area contributed by atoms with Crippen LogP contribution in [-0.2, 0) is 0 Å². The third kappa shape index (κ3) is 6.53. The fraction of sp³-hybridized carbons (Fsp3) is 1.00. The van der Waals surface area contributed by atoms with Crippen LogP contribution in [0.25, 0.3) is 0 Å². The van der Waals surface area contributed by atoms with Gasteiger partial charge < -0.3 is 4.90 Å². The van der Waals surface area contributed by atoms with E-state index >= 15 is 0 Å². The van der Waals surface area contributed by atoms with Crippen molar-refractivity contribution in [2.45, 2.75) is 78.1 Å². The molecule has 1 aliphatic rings. The Bertz CT molecular complexity index is 201. The highest BCUT2D eigenvalue weighted by Gasteiger charge is 2.31. The number of nitrogens with zero attached hydrogens (tertiary/aromatic N) is 1. The van der Waals surface area contributed by atoms with Crippen LogP contribution in [0.2, 0.25) is 0 Å². The van der Waals surface area contributed by atoms with Crippen molar-refractivity contribution in [2.24, 2.45) is 5.41 Å². The zero-order valence-corrected chi connectivity index (χ0v) is 14.2. The van der Waals surface area contributed by atoms with E-state index in [0.717, 1.165) is 5.75 Å². The van der Waals surface area contributed by atoms with Gasteiger partial charge in [0.15, 0.2) is 0 Å². The van der Waals surface area contributed by atoms with Crippen molar-refractivity contribution < 1.29 is 0 Å². The van der Waals surface area contributed by atoms with Crippen LogP contribution in [0.15, 0.2) is 0 Å². The maximum Gasteiger partial charge on any atom is 0.00458 e. The van der Waals surface area contributed by atoms with Gasteiger partial charge in [0.25, 0.3) is 0 Å². The van der Waals surface area contributed by atoms with Crippen LogP contribution in [0.1, 0.15) is 78.1 Å². The quantitative estimate of drug-likeness (QED) is 0.452. The summed E-state index contributed by atoms with van der Waals surface area (Å²) in [6, 6.07) is 0. The van der Waals surface area contributed by atoms with Crippen molar-refractivity contribution in [1.29, 1.82) is 0 Å². The lowest BCUT2D eigenvalue weighted by Crippen LogP contribution is -2.40. The molecule has 2 heteroatoms. The fourth-order valence-electron chi connectivity index (χ4n) is 3.35. The molecule has 1 aliphatic carbocycles. The van der Waals surface area contributed by atoms with Gasteiger partial charge in [-0.15, -0.1) is 0 Å². The van der Waals surface area contributed by atoms with Crippen LogP contribution in [-0.4, -0.2) is 30.3 Å². The lowest BCUT2D eigenvalue weighted by Gasteiger charge is -2.37. The van der Waals surface area contributed by atoms with E-state index in [9.17, 15) is 0 Å². The van der Waals surface area contributed by atoms with Crippen LogP contribution in [0.3, 0.4) is 0 Å². The number of unbranched alkanes of at least 4 members (excludes halogenated alkanes) is 2. The second-order valence-electron chi connectivity index (χ2n) is 6.56. The van der Waals surface area contributed by atoms with Crippen LogP contribution >= 0.6 is 12.6 Å². The molecule has 0 spiro atoms. The van der Waals surface area contributed by atoms with Gasteiger partial charge in [0.05, 0.1) is 0 Å². The Hall–Kier alpha value is 0.310. The molecular formula is C17H35NS. The largest absolute Gasteiger partial charge is 0.303 e. The normalized spacial score (nSPS) is 19.6. The van der Waals surface area contributed by atoms with Gasteiger partial charge in [-0.25, -0.2) is 0 Å². The molecule has 0 bridgehead atoms. The minimum Gasteiger partial charge on any atom is -0.303 e. The number of hydrogen-bond donors (Lipinski definition) is 1. The molecule has 1 nitrogen and oxygen atoms in total. The van der Waals surface area contributed by atoms with E-state index in [0.29, 0.717) is 5.41 Å². The van der Waals surface area contributed by atoms with E-state index in [1.165, 1.54) is 83.8 Å². The Morgan fingerprint density at radius 1 is 0.895 bits per heavy atom. The van der Waals surface area contributed by atoms with E-state index in [2.05, 4.69) is 18.7 Å². The van der Waals surface area contributed by atoms with E-state index in [-0.39, 0.29) is 0 Å². The molecule has 19 heavy (non-hydrogen) atoms. The first-order valence-corrected chi connectivity index (χ1v) is 9.23. The van der Waals surface area contributed by atoms with Crippen LogP contribution in [0.5, 0.6) is 0 Å². The van der Waals surface area contributed by atoms with Gasteiger partial charge in [0.1, 0.15) is 0 Å². The first kappa shape index (κ1) is 17.4. The maximum absolute atomic E-state index is 4.73. The highest BCUT2D eigenvalue weighted by molar-refractivity contribution is 7.80. The molecule has 1 fully saturated rings. The smallest absolute Gasteiger partial charge is 0.00458 e. The summed E-state index contributed by atoms with van der Waals surface area (Å²) in [5.41, 5.74) is 0.515. The van der Waals surface area contributed by atoms with Gasteiger partial charge in [-0.1, -0.05) is 52.4 Å². The summed E-state index contributed by atoms with van der Waals surface area (Å²) in [7, 11) is 0. The van der Waals surface area contributed by atoms with Gasteiger partial charge in [-0.3, -0.25) is 0 Å². The molecule has 0 aromatic rings. The molecule has 114 valence electrons. The Morgan fingerprint density at radius 3 is 1.84 bits per heavy atom. The maximum atomic E-state index is 4.73. The monoisotopic (exact) mass is 285 g/mol. The van der Waals surface area contributed by atoms with Gasteiger partial charge in [0.2, 0.25) is 0 Å². The third-order valence-electron chi connectivity index (χ3n) is 4.71. The molecule has 0 N–H and O–H groups in total. The SMILES string of the molecule is CCCCN(CCCC)CC1(CS)CCCCCC1. The van der Waals surface area contributed by atoms with Gasteiger partial charge in [-0.2, -0.15) is 12.6 Å². The van der Waals surface area contributed by atoms with Crippen molar-refractivity contribution in [3.8, 4) is 0 Å². The number of hydrogen-bond acceptors (Lipinski definition) is 2. The highest BCUT2D eigenvalue weighted by atomic mass is 32.1. The van der Waals surface area contributed by atoms with Crippen molar-refractivity contribution in [1.82, 2.24) is 4.90 Å². The van der Waals surface area contributed by atoms with E-state index in [1.807, 2.05) is 0 Å². The van der Waals surface area contributed by atoms with Crippen molar-refractivity contribution in [2.75, 3.05) is 25.4 Å². The predicted molar refractivity (Wildman–Crippen MR) is 90.2 cm³/mol. The molecule has 0 radical (unpaired) electrons. The molecule has 1 saturated carbocycles. The molecule has 1 rings (SSSR count). The summed E-state index contributed by atoms with van der Waals surface area (Å²) in [4.78, 5) is 2.74. The summed E-state index contributed by atoms with van der Waals surface area (Å²) in [5.74, 6) is 1.09. The zero-order chi connectivity index (χ0) is 14.0. The molecule has 0 saturated heterocycles. The first-order valence-electron chi connectivity index (χ1n) is 8.59. The standard InChI is InChI=1S/C17H35NS/c1-3-5-13-18(14-6-4-2)15-17(16-19)11-9-7-8-10-12-17/h19H,3-16H2,1-2H3. The molecule has 0 aliphatic heterocycles. The minimum absolute atomic E-state index is 0.515. The number of rotatable bonds is 9. The molecule has 0 atom stereocenters. The molecular weight excluding hydrogens is 250 g/mol. The molecule has 0 heterocycles. The van der Waals surface area contributed by atoms with Crippen LogP contribution in [0, 0.1) is 5.41 Å². The topological polar surface area (TPSA) is 3.24 Å². The Kier molecular flexibility index (Phi) is 9.23. The Labute approximate surface area is 126 Å². The van der Waals surface area contributed by atoms with Gasteiger partial charge in [0, 0.05) is 6.54 Å². The molecule has 0 unspecified atom stereocenters. The third-order valence-corrected chi connectivity index (χ3v) is 5.39. The predicted octanol–water partition coefficient (Wildman–Crippen LogP) is 5.16. The van der Waals surface area contributed by atoms with E-state index in [4.69, 9.17) is 12.6 Å². The lowest BCUT2D eigenvalue weighted by atomic mass is 9.81. The highest BCUT2D eigenvalue weighted by Crippen LogP contribution is 2.37. The summed E-state index contributed by atoms with van der Waals surface area (Å²) in [5, 5.41) is 0. The first-order chi connectivity index (χ1) is 9.26. The Morgan fingerprint density at radius 2 is 1.42 bits per heavy atom. The zero-order valence-electron chi connectivity index (χ0n) is 13.3. The van der Waals surface area contributed by atoms with Crippen LogP contribution < -0.4 is 0 Å². The second-order valence-corrected chi connectivity index (χ2v) is 6.87. The summed E-state index contributed by atoms with van der Waals surface area (Å²) in [6.45, 7) is 8.50. The fourth-order valence-corrected chi connectivity index (χ4v) is 3.77. The molecule has 0 amide bonds. The van der Waals surface area contributed by atoms with Crippen molar-refractivity contribution >= 4 is 12.6 Å². The minimum atomic E-state index is 0.515. The van der Waals surface area contributed by atoms with E-state index in [1.54, 1.807) is 0 Å². The Balaban J connectivity index is 2.55. The van der Waals surface area contributed by atoms with Gasteiger partial charge in [-0.05, 0) is 49.9 Å². The van der Waals surface area contributed by atoms with E-state index < -0.39 is 0 Å². The summed E-state index contributed by atoms with van der Waals surface area (Å²) >= 11 is 4.73. The average Bonchev–Trinajstić information content (AvgIpc) is 2.68. The molecule has 0 aromatic heterocycles.